The first kappa shape index (κ1) is 17.2. The second-order valence-corrected chi connectivity index (χ2v) is 6.24. The molecular formula is C14H26BN2O3. The van der Waals surface area contributed by atoms with Crippen LogP contribution in [0.2, 0.25) is 0 Å². The number of ether oxygens (including phenoxy) is 1. The van der Waals surface area contributed by atoms with E-state index in [1.165, 1.54) is 0 Å². The zero-order valence-electron chi connectivity index (χ0n) is 13.6. The third-order valence-electron chi connectivity index (χ3n) is 3.78. The number of rotatable bonds is 7. The van der Waals surface area contributed by atoms with Crippen LogP contribution in [0, 0.1) is 6.92 Å². The number of hydrogen-bond donors (Lipinski definition) is 1. The maximum atomic E-state index is 10.1. The fourth-order valence-corrected chi connectivity index (χ4v) is 1.44. The topological polar surface area (TPSA) is 56.5 Å². The molecule has 0 fully saturated rings. The molecule has 0 aliphatic carbocycles. The fraction of sp³-hybridized carbons (Fsp3) is 0.786. The van der Waals surface area contributed by atoms with Gasteiger partial charge in [0, 0.05) is 13.3 Å². The van der Waals surface area contributed by atoms with Gasteiger partial charge < -0.3 is 14.5 Å². The lowest BCUT2D eigenvalue weighted by molar-refractivity contribution is -0.0893. The highest BCUT2D eigenvalue weighted by Crippen LogP contribution is 2.24. The minimum absolute atomic E-state index is 0.107. The second kappa shape index (κ2) is 6.29. The SMILES string of the molecule is COC(C)Cn1cc([B]OC(C)(C)C(C)(C)O)c(C)n1. The van der Waals surface area contributed by atoms with Crippen LogP contribution in [-0.4, -0.2) is 46.8 Å². The lowest BCUT2D eigenvalue weighted by Gasteiger charge is -2.37. The molecule has 6 heteroatoms. The second-order valence-electron chi connectivity index (χ2n) is 6.24. The first-order chi connectivity index (χ1) is 9.06. The molecule has 0 bridgehead atoms. The Labute approximate surface area is 122 Å². The molecule has 0 amide bonds. The molecule has 1 aromatic rings. The minimum atomic E-state index is -0.933. The van der Waals surface area contributed by atoms with E-state index in [0.717, 1.165) is 11.2 Å². The summed E-state index contributed by atoms with van der Waals surface area (Å²) in [5, 5.41) is 14.5. The van der Waals surface area contributed by atoms with Gasteiger partial charge in [0.05, 0.1) is 29.5 Å². The quantitative estimate of drug-likeness (QED) is 0.759. The monoisotopic (exact) mass is 281 g/mol. The van der Waals surface area contributed by atoms with Gasteiger partial charge in [-0.1, -0.05) is 0 Å². The summed E-state index contributed by atoms with van der Waals surface area (Å²) < 4.78 is 12.8. The molecule has 20 heavy (non-hydrogen) atoms. The third-order valence-corrected chi connectivity index (χ3v) is 3.78. The molecule has 0 aromatic carbocycles. The van der Waals surface area contributed by atoms with E-state index in [4.69, 9.17) is 9.39 Å². The molecule has 0 saturated carbocycles. The number of nitrogens with zero attached hydrogens (tertiary/aromatic N) is 2. The molecule has 1 atom stereocenters. The van der Waals surface area contributed by atoms with Crippen LogP contribution < -0.4 is 5.46 Å². The summed E-state index contributed by atoms with van der Waals surface area (Å²) in [4.78, 5) is 0. The van der Waals surface area contributed by atoms with E-state index in [1.54, 1.807) is 28.4 Å². The van der Waals surface area contributed by atoms with Crippen molar-refractivity contribution in [2.75, 3.05) is 7.11 Å². The normalized spacial score (nSPS) is 14.4. The Morgan fingerprint density at radius 3 is 2.50 bits per heavy atom. The summed E-state index contributed by atoms with van der Waals surface area (Å²) in [5.74, 6) is 0. The first-order valence-electron chi connectivity index (χ1n) is 6.87. The first-order valence-corrected chi connectivity index (χ1v) is 6.87. The van der Waals surface area contributed by atoms with Gasteiger partial charge in [0.1, 0.15) is 0 Å². The van der Waals surface area contributed by atoms with Crippen molar-refractivity contribution in [3.63, 3.8) is 0 Å². The molecule has 1 rings (SSSR count). The standard InChI is InChI=1S/C14H26BN2O3/c1-10(19-7)8-17-9-12(11(2)16-17)15-20-14(5,6)13(3,4)18/h9-10,18H,8H2,1-7H3. The van der Waals surface area contributed by atoms with Gasteiger partial charge in [0.2, 0.25) is 0 Å². The summed E-state index contributed by atoms with van der Waals surface area (Å²) in [7, 11) is 3.34. The van der Waals surface area contributed by atoms with E-state index in [-0.39, 0.29) is 6.10 Å². The van der Waals surface area contributed by atoms with Crippen LogP contribution in [0.15, 0.2) is 6.20 Å². The smallest absolute Gasteiger partial charge is 0.334 e. The average molecular weight is 281 g/mol. The number of methoxy groups -OCH3 is 1. The zero-order chi connectivity index (χ0) is 15.6. The lowest BCUT2D eigenvalue weighted by Crippen LogP contribution is -2.49. The number of aromatic nitrogens is 2. The van der Waals surface area contributed by atoms with Crippen LogP contribution in [0.3, 0.4) is 0 Å². The number of aliphatic hydroxyl groups is 1. The van der Waals surface area contributed by atoms with E-state index < -0.39 is 11.2 Å². The summed E-state index contributed by atoms with van der Waals surface area (Å²) in [6, 6.07) is 0. The van der Waals surface area contributed by atoms with Crippen LogP contribution in [0.25, 0.3) is 0 Å². The average Bonchev–Trinajstić information content (AvgIpc) is 2.65. The number of hydrogen-bond acceptors (Lipinski definition) is 4. The Bertz CT molecular complexity index is 438. The zero-order valence-corrected chi connectivity index (χ0v) is 13.6. The van der Waals surface area contributed by atoms with E-state index in [0.29, 0.717) is 6.54 Å². The Morgan fingerprint density at radius 2 is 2.00 bits per heavy atom. The number of aryl methyl sites for hydroxylation is 1. The predicted octanol–water partition coefficient (Wildman–Crippen LogP) is 1.04. The largest absolute Gasteiger partial charge is 0.426 e. The Morgan fingerprint density at radius 1 is 1.40 bits per heavy atom. The Kier molecular flexibility index (Phi) is 5.41. The molecule has 1 unspecified atom stereocenters. The Balaban J connectivity index is 2.70. The molecule has 0 aliphatic rings. The highest BCUT2D eigenvalue weighted by Gasteiger charge is 2.36. The van der Waals surface area contributed by atoms with Crippen molar-refractivity contribution < 1.29 is 14.5 Å². The van der Waals surface area contributed by atoms with Crippen LogP contribution >= 0.6 is 0 Å². The molecule has 1 radical (unpaired) electrons. The third kappa shape index (κ3) is 4.33. The van der Waals surface area contributed by atoms with Gasteiger partial charge in [-0.25, -0.2) is 0 Å². The van der Waals surface area contributed by atoms with Gasteiger partial charge in [-0.3, -0.25) is 4.68 Å². The molecule has 0 saturated heterocycles. The van der Waals surface area contributed by atoms with E-state index in [1.807, 2.05) is 38.6 Å². The van der Waals surface area contributed by atoms with Crippen molar-refractivity contribution in [2.24, 2.45) is 0 Å². The van der Waals surface area contributed by atoms with Crippen molar-refractivity contribution in [1.82, 2.24) is 9.78 Å². The predicted molar refractivity (Wildman–Crippen MR) is 80.3 cm³/mol. The highest BCUT2D eigenvalue weighted by atomic mass is 16.5. The van der Waals surface area contributed by atoms with E-state index >= 15 is 0 Å². The van der Waals surface area contributed by atoms with Gasteiger partial charge in [-0.15, -0.1) is 0 Å². The van der Waals surface area contributed by atoms with Crippen molar-refractivity contribution in [3.8, 4) is 0 Å². The van der Waals surface area contributed by atoms with Gasteiger partial charge in [0.15, 0.2) is 0 Å². The van der Waals surface area contributed by atoms with Crippen molar-refractivity contribution in [1.29, 1.82) is 0 Å². The highest BCUT2D eigenvalue weighted by molar-refractivity contribution is 6.47. The van der Waals surface area contributed by atoms with Crippen LogP contribution in [-0.2, 0) is 15.9 Å². The van der Waals surface area contributed by atoms with Crippen molar-refractivity contribution >= 4 is 12.9 Å². The molecule has 0 aliphatic heterocycles. The van der Waals surface area contributed by atoms with E-state index in [9.17, 15) is 5.11 Å². The molecule has 1 heterocycles. The summed E-state index contributed by atoms with van der Waals surface area (Å²) in [6.45, 7) is 11.8. The molecule has 1 N–H and O–H groups in total. The van der Waals surface area contributed by atoms with Gasteiger partial charge in [-0.2, -0.15) is 5.10 Å². The van der Waals surface area contributed by atoms with Crippen molar-refractivity contribution in [2.45, 2.75) is 65.4 Å². The van der Waals surface area contributed by atoms with E-state index in [2.05, 4.69) is 5.10 Å². The maximum Gasteiger partial charge on any atom is 0.334 e. The van der Waals surface area contributed by atoms with Crippen LogP contribution in [0.5, 0.6) is 0 Å². The maximum absolute atomic E-state index is 10.1. The molecular weight excluding hydrogens is 255 g/mol. The van der Waals surface area contributed by atoms with Crippen LogP contribution in [0.1, 0.15) is 40.3 Å². The van der Waals surface area contributed by atoms with Crippen LogP contribution in [0.4, 0.5) is 0 Å². The summed E-state index contributed by atoms with van der Waals surface area (Å²) in [6.07, 6.45) is 2.03. The fourth-order valence-electron chi connectivity index (χ4n) is 1.44. The van der Waals surface area contributed by atoms with Gasteiger partial charge in [-0.05, 0) is 47.0 Å². The van der Waals surface area contributed by atoms with Gasteiger partial charge >= 0.3 is 7.48 Å². The summed E-state index contributed by atoms with van der Waals surface area (Å²) in [5.41, 5.74) is 0.185. The molecule has 1 aromatic heterocycles. The lowest BCUT2D eigenvalue weighted by atomic mass is 9.83. The molecule has 5 nitrogen and oxygen atoms in total. The summed E-state index contributed by atoms with van der Waals surface area (Å²) >= 11 is 0. The minimum Gasteiger partial charge on any atom is -0.426 e. The van der Waals surface area contributed by atoms with Gasteiger partial charge in [0.25, 0.3) is 0 Å². The molecule has 113 valence electrons. The molecule has 0 spiro atoms. The van der Waals surface area contributed by atoms with Crippen molar-refractivity contribution in [3.05, 3.63) is 11.9 Å². The Hall–Kier alpha value is -0.845.